The normalized spacial score (nSPS) is 22.0. The molecule has 2 aliphatic rings. The molecule has 1 aromatic carbocycles. The lowest BCUT2D eigenvalue weighted by Gasteiger charge is -2.50. The van der Waals surface area contributed by atoms with Gasteiger partial charge in [-0.1, -0.05) is 0 Å². The number of hydrogen-bond donors (Lipinski definition) is 2. The van der Waals surface area contributed by atoms with Crippen molar-refractivity contribution in [2.24, 2.45) is 4.99 Å². The topological polar surface area (TPSA) is 108 Å². The van der Waals surface area contributed by atoms with Crippen molar-refractivity contribution in [1.82, 2.24) is 4.90 Å². The summed E-state index contributed by atoms with van der Waals surface area (Å²) in [6.07, 6.45) is 3.06. The van der Waals surface area contributed by atoms with Crippen molar-refractivity contribution in [3.05, 3.63) is 23.3 Å². The highest BCUT2D eigenvalue weighted by Crippen LogP contribution is 2.42. The van der Waals surface area contributed by atoms with Crippen molar-refractivity contribution in [3.63, 3.8) is 0 Å². The highest BCUT2D eigenvalue weighted by atomic mass is 16.6. The van der Waals surface area contributed by atoms with Crippen molar-refractivity contribution in [1.29, 1.82) is 0 Å². The molecule has 0 aliphatic carbocycles. The molecule has 3 rings (SSSR count). The van der Waals surface area contributed by atoms with E-state index >= 15 is 0 Å². The van der Waals surface area contributed by atoms with E-state index in [0.717, 1.165) is 25.1 Å². The summed E-state index contributed by atoms with van der Waals surface area (Å²) < 4.78 is 5.55. The molecule has 1 atom stereocenters. The van der Waals surface area contributed by atoms with Crippen molar-refractivity contribution in [2.75, 3.05) is 37.3 Å². The fourth-order valence-electron chi connectivity index (χ4n) is 3.98. The van der Waals surface area contributed by atoms with Gasteiger partial charge in [0.1, 0.15) is 5.60 Å². The van der Waals surface area contributed by atoms with Crippen molar-refractivity contribution in [3.8, 4) is 0 Å². The van der Waals surface area contributed by atoms with E-state index in [1.807, 2.05) is 25.7 Å². The van der Waals surface area contributed by atoms with Crippen LogP contribution in [0.15, 0.2) is 17.1 Å². The number of likely N-dealkylation sites (tertiary alicyclic amines) is 1. The van der Waals surface area contributed by atoms with Gasteiger partial charge in [-0.25, -0.2) is 9.59 Å². The number of ether oxygens (including phenoxy) is 1. The highest BCUT2D eigenvalue weighted by Gasteiger charge is 2.53. The minimum Gasteiger partial charge on any atom is -0.478 e. The molecule has 152 valence electrons. The van der Waals surface area contributed by atoms with Crippen LogP contribution in [0.2, 0.25) is 0 Å². The predicted octanol–water partition coefficient (Wildman–Crippen LogP) is 2.61. The number of anilines is 2. The second kappa shape index (κ2) is 7.00. The van der Waals surface area contributed by atoms with E-state index in [1.165, 1.54) is 6.07 Å². The Kier molecular flexibility index (Phi) is 4.99. The molecule has 0 saturated carbocycles. The van der Waals surface area contributed by atoms with Crippen LogP contribution in [-0.4, -0.2) is 66.1 Å². The minimum atomic E-state index is -1.07. The maximum absolute atomic E-state index is 12.6. The van der Waals surface area contributed by atoms with Gasteiger partial charge in [0.25, 0.3) is 0 Å². The van der Waals surface area contributed by atoms with Crippen molar-refractivity contribution >= 4 is 29.7 Å². The number of carboxylic acid groups (broad SMARTS) is 1. The number of amides is 1. The molecule has 0 aromatic heterocycles. The lowest BCUT2D eigenvalue weighted by molar-refractivity contribution is -0.0362. The van der Waals surface area contributed by atoms with Crippen LogP contribution in [0.25, 0.3) is 0 Å². The summed E-state index contributed by atoms with van der Waals surface area (Å²) in [5, 5.41) is 9.34. The minimum absolute atomic E-state index is 0.0617. The van der Waals surface area contributed by atoms with E-state index in [0.29, 0.717) is 18.7 Å². The molecule has 1 unspecified atom stereocenters. The first-order valence-electron chi connectivity index (χ1n) is 9.41. The number of benzene rings is 1. The number of carboxylic acids is 1. The number of aromatic carboxylic acids is 1. The third-order valence-electron chi connectivity index (χ3n) is 5.41. The number of nitrogens with two attached hydrogens (primary N) is 1. The van der Waals surface area contributed by atoms with Crippen LogP contribution in [0.4, 0.5) is 16.2 Å². The molecular weight excluding hydrogens is 360 g/mol. The molecule has 2 fully saturated rings. The Labute approximate surface area is 165 Å². The standard InChI is InChI=1S/C20H28N4O4/c1-19(2,3)28-18(27)24-10-8-20(24)7-9-23(12-20)15-6-5-13(17(25)26)16(21)14(15)11-22-4/h5-6,11H,7-10,12,21H2,1-4H3,(H,25,26). The second-order valence-electron chi connectivity index (χ2n) is 8.43. The van der Waals surface area contributed by atoms with Gasteiger partial charge >= 0.3 is 12.1 Å². The predicted molar refractivity (Wildman–Crippen MR) is 108 cm³/mol. The second-order valence-corrected chi connectivity index (χ2v) is 8.43. The van der Waals surface area contributed by atoms with Gasteiger partial charge in [0, 0.05) is 44.1 Å². The Hall–Kier alpha value is -2.77. The van der Waals surface area contributed by atoms with Gasteiger partial charge in [0.2, 0.25) is 0 Å². The van der Waals surface area contributed by atoms with E-state index in [2.05, 4.69) is 9.89 Å². The van der Waals surface area contributed by atoms with E-state index in [-0.39, 0.29) is 22.9 Å². The molecule has 1 amide bonds. The SMILES string of the molecule is CN=Cc1c(N2CCC3(CCN3C(=O)OC(C)(C)C)C2)ccc(C(=O)O)c1N. The molecule has 0 bridgehead atoms. The molecule has 2 heterocycles. The maximum atomic E-state index is 12.6. The Morgan fingerprint density at radius 1 is 1.29 bits per heavy atom. The molecule has 28 heavy (non-hydrogen) atoms. The highest BCUT2D eigenvalue weighted by molar-refractivity contribution is 6.03. The van der Waals surface area contributed by atoms with E-state index in [9.17, 15) is 14.7 Å². The first-order valence-corrected chi connectivity index (χ1v) is 9.41. The molecule has 1 aromatic rings. The maximum Gasteiger partial charge on any atom is 0.410 e. The molecule has 3 N–H and O–H groups in total. The Morgan fingerprint density at radius 2 is 1.96 bits per heavy atom. The zero-order valence-electron chi connectivity index (χ0n) is 16.9. The van der Waals surface area contributed by atoms with Gasteiger partial charge in [-0.05, 0) is 45.7 Å². The van der Waals surface area contributed by atoms with Gasteiger partial charge in [0.15, 0.2) is 0 Å². The summed E-state index contributed by atoms with van der Waals surface area (Å²) in [6.45, 7) is 7.68. The summed E-state index contributed by atoms with van der Waals surface area (Å²) in [7, 11) is 1.62. The van der Waals surface area contributed by atoms with Crippen LogP contribution in [0, 0.1) is 0 Å². The average molecular weight is 388 g/mol. The summed E-state index contributed by atoms with van der Waals surface area (Å²) in [5.74, 6) is -1.07. The third-order valence-corrected chi connectivity index (χ3v) is 5.41. The number of carbonyl (C=O) groups excluding carboxylic acids is 1. The van der Waals surface area contributed by atoms with Gasteiger partial charge < -0.3 is 25.4 Å². The summed E-state index contributed by atoms with van der Waals surface area (Å²) in [4.78, 5) is 32.0. The zero-order chi connectivity index (χ0) is 20.7. The van der Waals surface area contributed by atoms with Gasteiger partial charge in [-0.3, -0.25) is 4.99 Å². The Morgan fingerprint density at radius 3 is 2.50 bits per heavy atom. The Balaban J connectivity index is 1.85. The molecular formula is C20H28N4O4. The first-order chi connectivity index (χ1) is 13.1. The quantitative estimate of drug-likeness (QED) is 0.609. The van der Waals surface area contributed by atoms with E-state index in [4.69, 9.17) is 10.5 Å². The van der Waals surface area contributed by atoms with Gasteiger partial charge in [-0.15, -0.1) is 0 Å². The fourth-order valence-corrected chi connectivity index (χ4v) is 3.98. The van der Waals surface area contributed by atoms with Crippen LogP contribution in [0.3, 0.4) is 0 Å². The number of carbonyl (C=O) groups is 2. The third kappa shape index (κ3) is 3.50. The molecule has 1 spiro atoms. The number of hydrogen-bond acceptors (Lipinski definition) is 6. The molecule has 2 aliphatic heterocycles. The summed E-state index contributed by atoms with van der Waals surface area (Å²) in [5.41, 5.74) is 7.04. The summed E-state index contributed by atoms with van der Waals surface area (Å²) >= 11 is 0. The van der Waals surface area contributed by atoms with Crippen molar-refractivity contribution < 1.29 is 19.4 Å². The summed E-state index contributed by atoms with van der Waals surface area (Å²) in [6, 6.07) is 3.30. The largest absolute Gasteiger partial charge is 0.478 e. The fraction of sp³-hybridized carbons (Fsp3) is 0.550. The number of rotatable bonds is 3. The first kappa shape index (κ1) is 20.0. The molecule has 8 nitrogen and oxygen atoms in total. The lowest BCUT2D eigenvalue weighted by atomic mass is 9.84. The number of nitrogen functional groups attached to an aromatic ring is 1. The Bertz CT molecular complexity index is 830. The van der Waals surface area contributed by atoms with Crippen LogP contribution in [-0.2, 0) is 4.74 Å². The molecule has 0 radical (unpaired) electrons. The van der Waals surface area contributed by atoms with Crippen LogP contribution in [0.5, 0.6) is 0 Å². The van der Waals surface area contributed by atoms with E-state index in [1.54, 1.807) is 19.3 Å². The monoisotopic (exact) mass is 388 g/mol. The van der Waals surface area contributed by atoms with Gasteiger partial charge in [0.05, 0.1) is 16.8 Å². The van der Waals surface area contributed by atoms with Crippen LogP contribution in [0.1, 0.15) is 49.5 Å². The molecule has 8 heteroatoms. The van der Waals surface area contributed by atoms with Gasteiger partial charge in [-0.2, -0.15) is 0 Å². The molecule has 2 saturated heterocycles. The average Bonchev–Trinajstić information content (AvgIpc) is 3.01. The zero-order valence-corrected chi connectivity index (χ0v) is 16.9. The number of aliphatic imine (C=N–C) groups is 1. The van der Waals surface area contributed by atoms with Crippen LogP contribution >= 0.6 is 0 Å². The van der Waals surface area contributed by atoms with Crippen molar-refractivity contribution in [2.45, 2.75) is 44.8 Å². The van der Waals surface area contributed by atoms with Crippen LogP contribution < -0.4 is 10.6 Å². The van der Waals surface area contributed by atoms with E-state index < -0.39 is 11.6 Å². The number of nitrogens with zero attached hydrogens (tertiary/aromatic N) is 3. The lowest BCUT2D eigenvalue weighted by Crippen LogP contribution is -2.64. The smallest absolute Gasteiger partial charge is 0.410 e.